The third-order valence-electron chi connectivity index (χ3n) is 4.91. The number of nitrogens with zero attached hydrogens (tertiary/aromatic N) is 3. The van der Waals surface area contributed by atoms with Crippen LogP contribution in [0, 0.1) is 6.92 Å². The molecule has 1 N–H and O–H groups in total. The number of amides is 1. The summed E-state index contributed by atoms with van der Waals surface area (Å²) in [6.45, 7) is 3.82. The summed E-state index contributed by atoms with van der Waals surface area (Å²) >= 11 is 0. The zero-order chi connectivity index (χ0) is 15.2. The normalized spacial score (nSPS) is 19.1. The van der Waals surface area contributed by atoms with Gasteiger partial charge in [-0.3, -0.25) is 4.79 Å². The minimum Gasteiger partial charge on any atom is -0.371 e. The standard InChI is InChI=1S/C17H18N4O/c1-12-2-4-13(5-3-12)21-8-6-17(7-9-21)14-10-18-11-19-15(14)20-16(17)22/h2-5,10-11H,6-9H2,1H3,(H,18,19,20,22). The summed E-state index contributed by atoms with van der Waals surface area (Å²) in [5.74, 6) is 0.760. The Balaban J connectivity index is 1.59. The van der Waals surface area contributed by atoms with Crippen molar-refractivity contribution in [2.75, 3.05) is 23.3 Å². The van der Waals surface area contributed by atoms with Crippen LogP contribution in [0.4, 0.5) is 11.5 Å². The SMILES string of the molecule is Cc1ccc(N2CCC3(CC2)C(=O)Nc2ncncc23)cc1. The van der Waals surface area contributed by atoms with Gasteiger partial charge in [0, 0.05) is 30.5 Å². The summed E-state index contributed by atoms with van der Waals surface area (Å²) in [5, 5.41) is 2.91. The molecule has 0 bridgehead atoms. The molecule has 0 atom stereocenters. The van der Waals surface area contributed by atoms with Crippen LogP contribution in [-0.4, -0.2) is 29.0 Å². The Hall–Kier alpha value is -2.43. The number of hydrogen-bond donors (Lipinski definition) is 1. The van der Waals surface area contributed by atoms with E-state index in [4.69, 9.17) is 0 Å². The monoisotopic (exact) mass is 294 g/mol. The van der Waals surface area contributed by atoms with Gasteiger partial charge in [0.2, 0.25) is 5.91 Å². The van der Waals surface area contributed by atoms with Crippen molar-refractivity contribution in [1.82, 2.24) is 9.97 Å². The molecule has 2 aromatic rings. The highest BCUT2D eigenvalue weighted by atomic mass is 16.2. The number of rotatable bonds is 1. The molecule has 22 heavy (non-hydrogen) atoms. The van der Waals surface area contributed by atoms with E-state index in [0.717, 1.165) is 31.5 Å². The first-order valence-corrected chi connectivity index (χ1v) is 7.63. The van der Waals surface area contributed by atoms with Gasteiger partial charge in [0.05, 0.1) is 5.41 Å². The molecule has 1 aromatic carbocycles. The average Bonchev–Trinajstić information content (AvgIpc) is 2.82. The summed E-state index contributed by atoms with van der Waals surface area (Å²) in [4.78, 5) is 23.1. The van der Waals surface area contributed by atoms with Gasteiger partial charge in [-0.15, -0.1) is 0 Å². The van der Waals surface area contributed by atoms with Gasteiger partial charge < -0.3 is 10.2 Å². The maximum Gasteiger partial charge on any atom is 0.236 e. The number of anilines is 2. The second kappa shape index (κ2) is 4.80. The van der Waals surface area contributed by atoms with Crippen molar-refractivity contribution in [3.63, 3.8) is 0 Å². The second-order valence-electron chi connectivity index (χ2n) is 6.14. The fourth-order valence-corrected chi connectivity index (χ4v) is 3.53. The van der Waals surface area contributed by atoms with E-state index in [1.54, 1.807) is 6.20 Å². The summed E-state index contributed by atoms with van der Waals surface area (Å²) in [7, 11) is 0. The predicted octanol–water partition coefficient (Wildman–Crippen LogP) is 2.28. The fraction of sp³-hybridized carbons (Fsp3) is 0.353. The highest BCUT2D eigenvalue weighted by Gasteiger charge is 2.49. The predicted molar refractivity (Wildman–Crippen MR) is 85.0 cm³/mol. The van der Waals surface area contributed by atoms with E-state index in [1.807, 2.05) is 0 Å². The zero-order valence-corrected chi connectivity index (χ0v) is 12.5. The van der Waals surface area contributed by atoms with Crippen molar-refractivity contribution in [1.29, 1.82) is 0 Å². The summed E-state index contributed by atoms with van der Waals surface area (Å²) in [5.41, 5.74) is 3.00. The van der Waals surface area contributed by atoms with Gasteiger partial charge in [-0.05, 0) is 31.9 Å². The third kappa shape index (κ3) is 1.89. The van der Waals surface area contributed by atoms with Crippen LogP contribution < -0.4 is 10.2 Å². The maximum absolute atomic E-state index is 12.5. The molecule has 4 rings (SSSR count). The van der Waals surface area contributed by atoms with Crippen LogP contribution in [0.15, 0.2) is 36.8 Å². The van der Waals surface area contributed by atoms with Crippen molar-refractivity contribution in [2.24, 2.45) is 0 Å². The first kappa shape index (κ1) is 13.2. The van der Waals surface area contributed by atoms with Crippen molar-refractivity contribution >= 4 is 17.4 Å². The Bertz CT molecular complexity index is 718. The number of benzene rings is 1. The highest BCUT2D eigenvalue weighted by Crippen LogP contribution is 2.44. The Morgan fingerprint density at radius 3 is 2.64 bits per heavy atom. The van der Waals surface area contributed by atoms with Gasteiger partial charge in [0.15, 0.2) is 0 Å². The molecule has 1 amide bonds. The van der Waals surface area contributed by atoms with E-state index in [-0.39, 0.29) is 5.91 Å². The van der Waals surface area contributed by atoms with Crippen molar-refractivity contribution in [3.05, 3.63) is 47.9 Å². The number of piperidine rings is 1. The lowest BCUT2D eigenvalue weighted by Crippen LogP contribution is -2.46. The molecule has 2 aliphatic rings. The van der Waals surface area contributed by atoms with Gasteiger partial charge in [-0.25, -0.2) is 9.97 Å². The van der Waals surface area contributed by atoms with Gasteiger partial charge in [0.25, 0.3) is 0 Å². The van der Waals surface area contributed by atoms with Crippen LogP contribution in [0.25, 0.3) is 0 Å². The molecule has 112 valence electrons. The Kier molecular flexibility index (Phi) is 2.89. The molecular formula is C17H18N4O. The fourth-order valence-electron chi connectivity index (χ4n) is 3.53. The lowest BCUT2D eigenvalue weighted by molar-refractivity contribution is -0.121. The topological polar surface area (TPSA) is 58.1 Å². The van der Waals surface area contributed by atoms with Gasteiger partial charge in [0.1, 0.15) is 12.1 Å². The number of hydrogen-bond acceptors (Lipinski definition) is 4. The largest absolute Gasteiger partial charge is 0.371 e. The van der Waals surface area contributed by atoms with Crippen LogP contribution in [0.1, 0.15) is 24.0 Å². The molecule has 0 radical (unpaired) electrons. The molecule has 5 heteroatoms. The molecule has 1 fully saturated rings. The van der Waals surface area contributed by atoms with Crippen LogP contribution >= 0.6 is 0 Å². The average molecular weight is 294 g/mol. The van der Waals surface area contributed by atoms with Crippen LogP contribution in [0.2, 0.25) is 0 Å². The number of carbonyl (C=O) groups is 1. The Morgan fingerprint density at radius 2 is 1.91 bits per heavy atom. The van der Waals surface area contributed by atoms with E-state index in [2.05, 4.69) is 51.4 Å². The zero-order valence-electron chi connectivity index (χ0n) is 12.5. The van der Waals surface area contributed by atoms with Crippen LogP contribution in [-0.2, 0) is 10.2 Å². The number of aryl methyl sites for hydroxylation is 1. The molecule has 1 aromatic heterocycles. The van der Waals surface area contributed by atoms with Crippen molar-refractivity contribution < 1.29 is 4.79 Å². The quantitative estimate of drug-likeness (QED) is 0.876. The lowest BCUT2D eigenvalue weighted by atomic mass is 9.74. The van der Waals surface area contributed by atoms with E-state index >= 15 is 0 Å². The van der Waals surface area contributed by atoms with E-state index < -0.39 is 5.41 Å². The molecular weight excluding hydrogens is 276 g/mol. The summed E-state index contributed by atoms with van der Waals surface area (Å²) in [6.07, 6.45) is 4.88. The van der Waals surface area contributed by atoms with E-state index in [0.29, 0.717) is 5.82 Å². The summed E-state index contributed by atoms with van der Waals surface area (Å²) < 4.78 is 0. The second-order valence-corrected chi connectivity index (χ2v) is 6.14. The molecule has 0 saturated carbocycles. The molecule has 3 heterocycles. The van der Waals surface area contributed by atoms with Crippen molar-refractivity contribution in [3.8, 4) is 0 Å². The van der Waals surface area contributed by atoms with Crippen LogP contribution in [0.3, 0.4) is 0 Å². The third-order valence-corrected chi connectivity index (χ3v) is 4.91. The molecule has 0 aliphatic carbocycles. The molecule has 2 aliphatic heterocycles. The minimum absolute atomic E-state index is 0.0755. The first-order valence-electron chi connectivity index (χ1n) is 7.63. The minimum atomic E-state index is -0.447. The van der Waals surface area contributed by atoms with Gasteiger partial charge in [-0.2, -0.15) is 0 Å². The van der Waals surface area contributed by atoms with E-state index in [9.17, 15) is 4.79 Å². The number of aromatic nitrogens is 2. The number of nitrogens with one attached hydrogen (secondary N) is 1. The summed E-state index contributed by atoms with van der Waals surface area (Å²) in [6, 6.07) is 8.56. The Labute approximate surface area is 129 Å². The lowest BCUT2D eigenvalue weighted by Gasteiger charge is -2.38. The maximum atomic E-state index is 12.5. The first-order chi connectivity index (χ1) is 10.7. The van der Waals surface area contributed by atoms with Gasteiger partial charge in [-0.1, -0.05) is 17.7 Å². The molecule has 5 nitrogen and oxygen atoms in total. The molecule has 1 saturated heterocycles. The van der Waals surface area contributed by atoms with Crippen LogP contribution in [0.5, 0.6) is 0 Å². The van der Waals surface area contributed by atoms with Gasteiger partial charge >= 0.3 is 0 Å². The molecule has 0 unspecified atom stereocenters. The highest BCUT2D eigenvalue weighted by molar-refractivity contribution is 6.05. The molecule has 1 spiro atoms. The van der Waals surface area contributed by atoms with E-state index in [1.165, 1.54) is 17.6 Å². The number of fused-ring (bicyclic) bond motifs is 2. The number of carbonyl (C=O) groups excluding carboxylic acids is 1. The Morgan fingerprint density at radius 1 is 1.18 bits per heavy atom. The smallest absolute Gasteiger partial charge is 0.236 e. The van der Waals surface area contributed by atoms with Crippen molar-refractivity contribution in [2.45, 2.75) is 25.2 Å².